The number of nitrogens with zero attached hydrogens (tertiary/aromatic N) is 1. The van der Waals surface area contributed by atoms with E-state index in [9.17, 15) is 8.42 Å². The van der Waals surface area contributed by atoms with Crippen LogP contribution < -0.4 is 0 Å². The Balaban J connectivity index is 2.97. The molecule has 0 aliphatic carbocycles. The topological polar surface area (TPSA) is 37.4 Å². The third-order valence-corrected chi connectivity index (χ3v) is 5.72. The monoisotopic (exact) mass is 301 g/mol. The van der Waals surface area contributed by atoms with Crippen molar-refractivity contribution in [2.75, 3.05) is 19.0 Å². The highest BCUT2D eigenvalue weighted by atomic mass is 35.5. The third kappa shape index (κ3) is 3.34. The summed E-state index contributed by atoms with van der Waals surface area (Å²) in [6.07, 6.45) is 0.759. The van der Waals surface area contributed by atoms with Crippen molar-refractivity contribution in [1.29, 1.82) is 0 Å². The second-order valence-corrected chi connectivity index (χ2v) is 7.41. The summed E-state index contributed by atoms with van der Waals surface area (Å²) in [5.74, 6) is 0.290. The van der Waals surface area contributed by atoms with Gasteiger partial charge in [-0.2, -0.15) is 4.31 Å². The molecule has 1 aromatic rings. The Kier molecular flexibility index (Phi) is 5.53. The maximum Gasteiger partial charge on any atom is 0.252 e. The van der Waals surface area contributed by atoms with Crippen LogP contribution in [-0.2, 0) is 10.0 Å². The van der Waals surface area contributed by atoms with Crippen molar-refractivity contribution in [3.63, 3.8) is 0 Å². The van der Waals surface area contributed by atoms with Crippen LogP contribution in [0.4, 0.5) is 0 Å². The first-order chi connectivity index (χ1) is 7.52. The fourth-order valence-corrected chi connectivity index (χ4v) is 4.73. The number of hydrogen-bond donors (Lipinski definition) is 0. The maximum atomic E-state index is 12.1. The van der Waals surface area contributed by atoms with Gasteiger partial charge in [0.2, 0.25) is 0 Å². The molecule has 0 saturated heterocycles. The normalized spacial score (nSPS) is 12.2. The Morgan fingerprint density at radius 2 is 2.06 bits per heavy atom. The standard InChI is InChI=1S/C9H13Cl2NO2S2/c1-2-6-12(7-5-10)16(13,14)9-4-3-8(11)15-9/h3-4H,2,5-7H2,1H3. The first-order valence-electron chi connectivity index (χ1n) is 4.83. The summed E-state index contributed by atoms with van der Waals surface area (Å²) in [5.41, 5.74) is 0. The van der Waals surface area contributed by atoms with Crippen molar-refractivity contribution < 1.29 is 8.42 Å². The molecule has 1 heterocycles. The van der Waals surface area contributed by atoms with Gasteiger partial charge in [0.05, 0.1) is 4.34 Å². The predicted octanol–water partition coefficient (Wildman–Crippen LogP) is 3.04. The van der Waals surface area contributed by atoms with Crippen LogP contribution in [0.1, 0.15) is 13.3 Å². The van der Waals surface area contributed by atoms with Gasteiger partial charge in [-0.1, -0.05) is 18.5 Å². The van der Waals surface area contributed by atoms with Gasteiger partial charge in [-0.3, -0.25) is 0 Å². The molecule has 0 aromatic carbocycles. The lowest BCUT2D eigenvalue weighted by atomic mass is 10.5. The maximum absolute atomic E-state index is 12.1. The summed E-state index contributed by atoms with van der Waals surface area (Å²) >= 11 is 12.4. The first kappa shape index (κ1) is 14.3. The fourth-order valence-electron chi connectivity index (χ4n) is 1.26. The number of sulfonamides is 1. The molecule has 0 amide bonds. The van der Waals surface area contributed by atoms with Gasteiger partial charge in [-0.25, -0.2) is 8.42 Å². The highest BCUT2D eigenvalue weighted by Crippen LogP contribution is 2.28. The predicted molar refractivity (Wildman–Crippen MR) is 69.1 cm³/mol. The fraction of sp³-hybridized carbons (Fsp3) is 0.556. The lowest BCUT2D eigenvalue weighted by Crippen LogP contribution is -2.33. The number of rotatable bonds is 6. The van der Waals surface area contributed by atoms with E-state index in [4.69, 9.17) is 23.2 Å². The SMILES string of the molecule is CCCN(CCCl)S(=O)(=O)c1ccc(Cl)s1. The van der Waals surface area contributed by atoms with Crippen LogP contribution in [-0.4, -0.2) is 31.7 Å². The molecule has 0 bridgehead atoms. The smallest absolute Gasteiger partial charge is 0.206 e. The van der Waals surface area contributed by atoms with E-state index in [0.717, 1.165) is 17.8 Å². The number of hydrogen-bond acceptors (Lipinski definition) is 3. The Morgan fingerprint density at radius 3 is 2.50 bits per heavy atom. The van der Waals surface area contributed by atoms with Gasteiger partial charge in [0.25, 0.3) is 10.0 Å². The molecule has 0 unspecified atom stereocenters. The number of halogens is 2. The summed E-state index contributed by atoms with van der Waals surface area (Å²) in [7, 11) is -3.42. The molecule has 0 fully saturated rings. The van der Waals surface area contributed by atoms with E-state index in [1.165, 1.54) is 10.4 Å². The molecular formula is C9H13Cl2NO2S2. The minimum atomic E-state index is -3.42. The summed E-state index contributed by atoms with van der Waals surface area (Å²) in [4.78, 5) is 0. The van der Waals surface area contributed by atoms with Crippen molar-refractivity contribution in [2.24, 2.45) is 0 Å². The molecular weight excluding hydrogens is 289 g/mol. The summed E-state index contributed by atoms with van der Waals surface area (Å²) in [6.45, 7) is 2.73. The molecule has 0 atom stereocenters. The van der Waals surface area contributed by atoms with Crippen LogP contribution in [0.2, 0.25) is 4.34 Å². The van der Waals surface area contributed by atoms with Crippen LogP contribution in [0, 0.1) is 0 Å². The van der Waals surface area contributed by atoms with E-state index in [1.54, 1.807) is 6.07 Å². The Labute approximate surface area is 110 Å². The van der Waals surface area contributed by atoms with Gasteiger partial charge >= 0.3 is 0 Å². The molecule has 1 aromatic heterocycles. The lowest BCUT2D eigenvalue weighted by Gasteiger charge is -2.19. The Morgan fingerprint density at radius 1 is 1.38 bits per heavy atom. The lowest BCUT2D eigenvalue weighted by molar-refractivity contribution is 0.430. The van der Waals surface area contributed by atoms with Crippen molar-refractivity contribution in [2.45, 2.75) is 17.6 Å². The van der Waals surface area contributed by atoms with E-state index in [2.05, 4.69) is 0 Å². The van der Waals surface area contributed by atoms with Crippen LogP contribution in [0.5, 0.6) is 0 Å². The average molecular weight is 302 g/mol. The first-order valence-corrected chi connectivity index (χ1v) is 8.00. The van der Waals surface area contributed by atoms with Gasteiger partial charge < -0.3 is 0 Å². The molecule has 16 heavy (non-hydrogen) atoms. The molecule has 1 rings (SSSR count). The Bertz CT molecular complexity index is 424. The average Bonchev–Trinajstić information content (AvgIpc) is 2.65. The van der Waals surface area contributed by atoms with E-state index in [1.807, 2.05) is 6.92 Å². The zero-order valence-corrected chi connectivity index (χ0v) is 12.0. The molecule has 0 aliphatic heterocycles. The molecule has 92 valence electrons. The van der Waals surface area contributed by atoms with Crippen molar-refractivity contribution in [3.8, 4) is 0 Å². The molecule has 0 aliphatic rings. The zero-order chi connectivity index (χ0) is 12.2. The number of thiophene rings is 1. The van der Waals surface area contributed by atoms with Crippen LogP contribution in [0.15, 0.2) is 16.3 Å². The minimum absolute atomic E-state index is 0.274. The quantitative estimate of drug-likeness (QED) is 0.757. The molecule has 7 heteroatoms. The van der Waals surface area contributed by atoms with E-state index in [0.29, 0.717) is 23.3 Å². The summed E-state index contributed by atoms with van der Waals surface area (Å²) in [5, 5.41) is 0. The molecule has 0 N–H and O–H groups in total. The molecule has 3 nitrogen and oxygen atoms in total. The molecule has 0 spiro atoms. The minimum Gasteiger partial charge on any atom is -0.206 e. The van der Waals surface area contributed by atoms with E-state index < -0.39 is 10.0 Å². The van der Waals surface area contributed by atoms with Crippen LogP contribution in [0.3, 0.4) is 0 Å². The highest BCUT2D eigenvalue weighted by molar-refractivity contribution is 7.91. The Hall–Kier alpha value is 0.190. The number of alkyl halides is 1. The third-order valence-electron chi connectivity index (χ3n) is 1.95. The van der Waals surface area contributed by atoms with Crippen LogP contribution >= 0.6 is 34.5 Å². The zero-order valence-electron chi connectivity index (χ0n) is 8.82. The van der Waals surface area contributed by atoms with E-state index >= 15 is 0 Å². The molecule has 0 radical (unpaired) electrons. The second-order valence-electron chi connectivity index (χ2n) is 3.15. The van der Waals surface area contributed by atoms with Gasteiger partial charge in [0, 0.05) is 19.0 Å². The summed E-state index contributed by atoms with van der Waals surface area (Å²) in [6, 6.07) is 3.11. The second kappa shape index (κ2) is 6.21. The largest absolute Gasteiger partial charge is 0.252 e. The van der Waals surface area contributed by atoms with Crippen molar-refractivity contribution in [3.05, 3.63) is 16.5 Å². The van der Waals surface area contributed by atoms with Gasteiger partial charge in [0.15, 0.2) is 0 Å². The van der Waals surface area contributed by atoms with Gasteiger partial charge in [-0.15, -0.1) is 22.9 Å². The highest BCUT2D eigenvalue weighted by Gasteiger charge is 2.24. The van der Waals surface area contributed by atoms with E-state index in [-0.39, 0.29) is 4.21 Å². The summed E-state index contributed by atoms with van der Waals surface area (Å²) < 4.78 is 26.4. The van der Waals surface area contributed by atoms with Crippen LogP contribution in [0.25, 0.3) is 0 Å². The van der Waals surface area contributed by atoms with Crippen molar-refractivity contribution in [1.82, 2.24) is 4.31 Å². The molecule has 0 saturated carbocycles. The van der Waals surface area contributed by atoms with Gasteiger partial charge in [-0.05, 0) is 18.6 Å². The van der Waals surface area contributed by atoms with Crippen molar-refractivity contribution >= 4 is 44.6 Å². The van der Waals surface area contributed by atoms with Gasteiger partial charge in [0.1, 0.15) is 4.21 Å².